The lowest BCUT2D eigenvalue weighted by molar-refractivity contribution is -0.140. The minimum Gasteiger partial charge on any atom is -0.480 e. The number of nitrogens with zero attached hydrogens (tertiary/aromatic N) is 1. The van der Waals surface area contributed by atoms with Gasteiger partial charge in [0.15, 0.2) is 0 Å². The van der Waals surface area contributed by atoms with Crippen molar-refractivity contribution in [3.8, 4) is 0 Å². The summed E-state index contributed by atoms with van der Waals surface area (Å²) in [5.41, 5.74) is 3.21. The van der Waals surface area contributed by atoms with Crippen LogP contribution in [0.25, 0.3) is 0 Å². The highest BCUT2D eigenvalue weighted by Crippen LogP contribution is 2.42. The molecule has 0 spiro atoms. The molecule has 2 heterocycles. The highest BCUT2D eigenvalue weighted by atomic mass is 32.2. The number of ether oxygens (including phenoxy) is 1. The summed E-state index contributed by atoms with van der Waals surface area (Å²) < 4.78 is 5.83. The van der Waals surface area contributed by atoms with E-state index in [0.717, 1.165) is 36.0 Å². The third-order valence-corrected chi connectivity index (χ3v) is 8.69. The zero-order valence-corrected chi connectivity index (χ0v) is 25.8. The van der Waals surface area contributed by atoms with Crippen molar-refractivity contribution in [3.63, 3.8) is 0 Å². The third-order valence-electron chi connectivity index (χ3n) is 7.31. The van der Waals surface area contributed by atoms with E-state index in [4.69, 9.17) is 9.84 Å². The topological polar surface area (TPSA) is 196 Å². The second kappa shape index (κ2) is 17.5. The lowest BCUT2D eigenvalue weighted by atomic mass is 9.83. The van der Waals surface area contributed by atoms with Gasteiger partial charge in [0, 0.05) is 31.2 Å². The molecule has 240 valence electrons. The Balaban J connectivity index is 1.71. The number of carboxylic acid groups (broad SMARTS) is 2. The van der Waals surface area contributed by atoms with Gasteiger partial charge < -0.3 is 30.9 Å². The fraction of sp³-hybridized carbons (Fsp3) is 0.533. The van der Waals surface area contributed by atoms with Crippen LogP contribution in [-0.4, -0.2) is 88.3 Å². The first-order valence-corrected chi connectivity index (χ1v) is 15.7. The molecule has 2 amide bonds. The zero-order chi connectivity index (χ0) is 32.1. The van der Waals surface area contributed by atoms with Gasteiger partial charge in [-0.15, -0.1) is 11.8 Å². The Bertz CT molecular complexity index is 1260. The molecule has 1 aromatic rings. The van der Waals surface area contributed by atoms with E-state index in [-0.39, 0.29) is 36.5 Å². The van der Waals surface area contributed by atoms with E-state index < -0.39 is 48.3 Å². The number of aromatic nitrogens is 1. The number of carboxylic acids is 2. The second-order valence-electron chi connectivity index (χ2n) is 10.7. The first kappa shape index (κ1) is 34.7. The van der Waals surface area contributed by atoms with Crippen LogP contribution in [0.1, 0.15) is 51.0 Å². The van der Waals surface area contributed by atoms with Gasteiger partial charge in [-0.1, -0.05) is 25.0 Å². The fourth-order valence-electron chi connectivity index (χ4n) is 5.09. The number of esters is 1. The molecule has 2 aliphatic rings. The number of pyridine rings is 1. The van der Waals surface area contributed by atoms with Crippen molar-refractivity contribution in [3.05, 3.63) is 53.1 Å². The summed E-state index contributed by atoms with van der Waals surface area (Å²) in [6.45, 7) is 1.62. The molecule has 0 aromatic carbocycles. The lowest BCUT2D eigenvalue weighted by Gasteiger charge is -2.23. The predicted molar refractivity (Wildman–Crippen MR) is 163 cm³/mol. The van der Waals surface area contributed by atoms with Crippen molar-refractivity contribution in [1.29, 1.82) is 0 Å². The number of allylic oxidation sites excluding steroid dienone is 1. The second-order valence-corrected chi connectivity index (χ2v) is 11.9. The van der Waals surface area contributed by atoms with Gasteiger partial charge in [0.1, 0.15) is 30.3 Å². The number of thioether (sulfide) groups is 1. The fourth-order valence-corrected chi connectivity index (χ4v) is 6.50. The summed E-state index contributed by atoms with van der Waals surface area (Å²) in [7, 11) is 1.65. The van der Waals surface area contributed by atoms with E-state index in [1.54, 1.807) is 19.4 Å². The van der Waals surface area contributed by atoms with Gasteiger partial charge >= 0.3 is 17.9 Å². The average Bonchev–Trinajstić information content (AvgIpc) is 3.32. The van der Waals surface area contributed by atoms with Gasteiger partial charge in [-0.2, -0.15) is 0 Å². The molecule has 0 saturated carbocycles. The molecule has 0 bridgehead atoms. The summed E-state index contributed by atoms with van der Waals surface area (Å²) in [5, 5.41) is 28.7. The maximum atomic E-state index is 13.0. The zero-order valence-electron chi connectivity index (χ0n) is 25.0. The van der Waals surface area contributed by atoms with Crippen LogP contribution in [0.3, 0.4) is 0 Å². The van der Waals surface area contributed by atoms with Crippen LogP contribution in [0.5, 0.6) is 0 Å². The summed E-state index contributed by atoms with van der Waals surface area (Å²) in [4.78, 5) is 65.2. The van der Waals surface area contributed by atoms with E-state index in [1.807, 2.05) is 25.1 Å². The molecule has 3 rings (SSSR count). The van der Waals surface area contributed by atoms with Crippen molar-refractivity contribution in [2.45, 2.75) is 69.2 Å². The molecule has 0 unspecified atom stereocenters. The van der Waals surface area contributed by atoms with Crippen LogP contribution >= 0.6 is 11.8 Å². The van der Waals surface area contributed by atoms with Gasteiger partial charge in [0.25, 0.3) is 0 Å². The number of hydrogen-bond acceptors (Lipinski definition) is 10. The minimum atomic E-state index is -1.23. The van der Waals surface area contributed by atoms with Crippen molar-refractivity contribution in [2.75, 3.05) is 26.0 Å². The predicted octanol–water partition coefficient (Wildman–Crippen LogP) is 1.36. The monoisotopic (exact) mass is 631 g/mol. The minimum absolute atomic E-state index is 0.0117. The van der Waals surface area contributed by atoms with Crippen LogP contribution < -0.4 is 21.3 Å². The molecule has 44 heavy (non-hydrogen) atoms. The maximum Gasteiger partial charge on any atom is 0.322 e. The molecule has 4 atom stereocenters. The van der Waals surface area contributed by atoms with Crippen molar-refractivity contribution >= 4 is 41.5 Å². The summed E-state index contributed by atoms with van der Waals surface area (Å²) >= 11 is 1.36. The Morgan fingerprint density at radius 2 is 1.86 bits per heavy atom. The van der Waals surface area contributed by atoms with E-state index in [2.05, 4.69) is 26.3 Å². The molecule has 1 aliphatic heterocycles. The van der Waals surface area contributed by atoms with Crippen LogP contribution in [0.4, 0.5) is 0 Å². The van der Waals surface area contributed by atoms with Gasteiger partial charge in [-0.3, -0.25) is 34.3 Å². The summed E-state index contributed by atoms with van der Waals surface area (Å²) in [6, 6.07) is 1.84. The van der Waals surface area contributed by atoms with Crippen LogP contribution in [0.15, 0.2) is 47.5 Å². The SMILES string of the molecule is CCC[C@@H](SC[C@H](NC(=O)CC[C@H](NCNC)C(=O)O)C(=O)NCC(=O)O)C1=C2CCC(Cc3ccncc3)=C[C@H]2C(=O)O1. The first-order valence-electron chi connectivity index (χ1n) is 14.7. The molecule has 0 radical (unpaired) electrons. The Hall–Kier alpha value is -3.75. The van der Waals surface area contributed by atoms with E-state index in [1.165, 1.54) is 11.8 Å². The Labute approximate surface area is 260 Å². The third kappa shape index (κ3) is 10.5. The quantitative estimate of drug-likeness (QED) is 0.0730. The Morgan fingerprint density at radius 3 is 2.52 bits per heavy atom. The molecule has 13 nitrogen and oxygen atoms in total. The lowest BCUT2D eigenvalue weighted by Crippen LogP contribution is -2.50. The number of hydrogen-bond donors (Lipinski definition) is 6. The van der Waals surface area contributed by atoms with Crippen LogP contribution in [0, 0.1) is 5.92 Å². The highest BCUT2D eigenvalue weighted by Gasteiger charge is 2.39. The molecule has 14 heteroatoms. The Kier molecular flexibility index (Phi) is 13.8. The first-order chi connectivity index (χ1) is 21.1. The van der Waals surface area contributed by atoms with Gasteiger partial charge in [-0.25, -0.2) is 0 Å². The van der Waals surface area contributed by atoms with Crippen molar-refractivity contribution in [1.82, 2.24) is 26.3 Å². The summed E-state index contributed by atoms with van der Waals surface area (Å²) in [5.74, 6) is -3.65. The highest BCUT2D eigenvalue weighted by molar-refractivity contribution is 8.00. The molecule has 6 N–H and O–H groups in total. The van der Waals surface area contributed by atoms with Gasteiger partial charge in [-0.05, 0) is 62.4 Å². The molecule has 1 aromatic heterocycles. The van der Waals surface area contributed by atoms with E-state index in [9.17, 15) is 29.1 Å². The summed E-state index contributed by atoms with van der Waals surface area (Å²) in [6.07, 6.45) is 8.92. The molecule has 0 fully saturated rings. The number of cyclic esters (lactones) is 1. The van der Waals surface area contributed by atoms with Crippen LogP contribution in [0.2, 0.25) is 0 Å². The number of fused-ring (bicyclic) bond motifs is 1. The molecule has 1 aliphatic carbocycles. The van der Waals surface area contributed by atoms with Gasteiger partial charge in [0.2, 0.25) is 11.8 Å². The number of aliphatic carboxylic acids is 2. The smallest absolute Gasteiger partial charge is 0.322 e. The molecule has 0 saturated heterocycles. The van der Waals surface area contributed by atoms with Crippen molar-refractivity contribution in [2.24, 2.45) is 5.92 Å². The number of carbonyl (C=O) groups excluding carboxylic acids is 3. The van der Waals surface area contributed by atoms with Gasteiger partial charge in [0.05, 0.1) is 5.25 Å². The molecular formula is C30H41N5O8S. The Morgan fingerprint density at radius 1 is 1.11 bits per heavy atom. The van der Waals surface area contributed by atoms with E-state index >= 15 is 0 Å². The number of amides is 2. The van der Waals surface area contributed by atoms with E-state index in [0.29, 0.717) is 18.6 Å². The number of carbonyl (C=O) groups is 5. The average molecular weight is 632 g/mol. The molecular weight excluding hydrogens is 590 g/mol. The van der Waals surface area contributed by atoms with Crippen molar-refractivity contribution < 1.29 is 38.9 Å². The number of rotatable bonds is 19. The standard InChI is InChI=1S/C30H41N5O8S/c1-3-4-24(27-20-6-5-19(14-21(20)30(42)43-27)13-18-9-11-32-12-10-18)44-16-23(28(39)33-15-26(37)38)35-25(36)8-7-22(29(40)41)34-17-31-2/h9-12,14,21-24,31,34H,3-8,13,15-17H2,1-2H3,(H,33,39)(H,35,36)(H,37,38)(H,40,41)/t21-,22+,23+,24-/m1/s1. The largest absolute Gasteiger partial charge is 0.480 e. The van der Waals surface area contributed by atoms with Crippen LogP contribution in [-0.2, 0) is 35.1 Å². The number of nitrogens with one attached hydrogen (secondary N) is 4. The maximum absolute atomic E-state index is 13.0. The normalized spacial score (nSPS) is 18.0.